The smallest absolute Gasteiger partial charge is 0.303 e. The van der Waals surface area contributed by atoms with Crippen molar-refractivity contribution in [3.05, 3.63) is 144 Å². The minimum atomic E-state index is -1.91. The molecule has 8 rings (SSSR count). The SMILES string of the molecule is CC(O)=NCCCC[C@H](N=C(O)[C@H](Cc1c[nH]c2ccccc12)N=C(O)[C@@H](N=C(O)[C@H](Cc1c[nH]c2ccccc12)N=C(O)[C@H](CCCCN=C(C)O)N=C(O)[C@H](CC(=N)O)N=C(O)CN=C(O)[C@H](CCC(=O)O)N=C(O)[C@H](Cc1c[nH]c2ccccc12)N=C(O)[C@@H](N=C(O)[C@H](Cc1c[nH]c2ccccc12)N=C(O)[C@@H]([NH3+])CO)[C@@H](C)O)[C@@H](C)O)C(=N)O. The van der Waals surface area contributed by atoms with Gasteiger partial charge in [0.1, 0.15) is 61.5 Å². The molecule has 0 unspecified atom stereocenters. The monoisotopic (exact) mass is 1690 g/mol. The number of benzene rings is 4. The van der Waals surface area contributed by atoms with E-state index < -0.39 is 194 Å². The maximum absolute atomic E-state index is 12.3. The molecule has 4 aromatic heterocycles. The fourth-order valence-corrected chi connectivity index (χ4v) is 13.1. The van der Waals surface area contributed by atoms with E-state index in [4.69, 9.17) is 10.8 Å². The number of nitrogens with zero attached hydrogens (tertiary/aromatic N) is 13. The number of rotatable bonds is 49. The molecule has 0 saturated carbocycles. The van der Waals surface area contributed by atoms with Crippen LogP contribution in [0.4, 0.5) is 0 Å². The van der Waals surface area contributed by atoms with Crippen LogP contribution in [0.5, 0.6) is 0 Å². The summed E-state index contributed by atoms with van der Waals surface area (Å²) in [5.74, 6) is -14.0. The lowest BCUT2D eigenvalue weighted by Crippen LogP contribution is -2.67. The number of carbonyl (C=O) groups is 1. The summed E-state index contributed by atoms with van der Waals surface area (Å²) in [4.78, 5) is 79.3. The highest BCUT2D eigenvalue weighted by molar-refractivity contribution is 5.97. The van der Waals surface area contributed by atoms with E-state index in [2.05, 4.69) is 90.6 Å². The Morgan fingerprint density at radius 2 is 0.705 bits per heavy atom. The molecule has 28 N–H and O–H groups in total. The zero-order valence-electron chi connectivity index (χ0n) is 67.5. The molecule has 4 heterocycles. The van der Waals surface area contributed by atoms with E-state index in [-0.39, 0.29) is 76.3 Å². The Morgan fingerprint density at radius 1 is 0.385 bits per heavy atom. The third kappa shape index (κ3) is 27.7. The number of aliphatic hydroxyl groups is 18. The first kappa shape index (κ1) is 93.9. The van der Waals surface area contributed by atoms with Crippen molar-refractivity contribution in [2.24, 2.45) is 64.9 Å². The maximum Gasteiger partial charge on any atom is 0.303 e. The molecule has 0 radical (unpaired) electrons. The number of quaternary nitrogens is 1. The number of nitrogens with one attached hydrogen (secondary N) is 6. The molecular weight excluding hydrogens is 1590 g/mol. The molecule has 0 aliphatic rings. The number of aliphatic hydroxyl groups excluding tert-OH is 18. The summed E-state index contributed by atoms with van der Waals surface area (Å²) in [6.07, 6.45) is 0.878. The average Bonchev–Trinajstić information content (AvgIpc) is 1.65. The Kier molecular flexibility index (Phi) is 35.0. The van der Waals surface area contributed by atoms with Gasteiger partial charge in [-0.15, -0.1) is 0 Å². The lowest BCUT2D eigenvalue weighted by molar-refractivity contribution is -0.403. The molecule has 40 nitrogen and oxygen atoms in total. The van der Waals surface area contributed by atoms with Crippen molar-refractivity contribution in [1.82, 2.24) is 19.9 Å². The van der Waals surface area contributed by atoms with Crippen LogP contribution in [-0.4, -0.2) is 316 Å². The highest BCUT2D eigenvalue weighted by Crippen LogP contribution is 2.28. The van der Waals surface area contributed by atoms with Crippen LogP contribution in [0, 0.1) is 10.8 Å². The molecule has 0 spiro atoms. The van der Waals surface area contributed by atoms with Crippen LogP contribution < -0.4 is 5.73 Å². The molecule has 0 aliphatic carbocycles. The third-order valence-electron chi connectivity index (χ3n) is 19.5. The van der Waals surface area contributed by atoms with Crippen LogP contribution in [0.25, 0.3) is 43.6 Å². The number of aromatic nitrogens is 4. The Labute approximate surface area is 698 Å². The Balaban J connectivity index is 1.14. The second-order valence-corrected chi connectivity index (χ2v) is 29.1. The van der Waals surface area contributed by atoms with Gasteiger partial charge in [-0.05, 0) is 105 Å². The molecule has 0 bridgehead atoms. The van der Waals surface area contributed by atoms with Crippen LogP contribution in [0.15, 0.2) is 187 Å². The zero-order valence-corrected chi connectivity index (χ0v) is 67.5. The number of hydrogen-bond acceptors (Lipinski definition) is 19. The minimum Gasteiger partial charge on any atom is -0.497 e. The highest BCUT2D eigenvalue weighted by atomic mass is 16.4. The number of aromatic amines is 4. The zero-order chi connectivity index (χ0) is 88.9. The summed E-state index contributed by atoms with van der Waals surface area (Å²) < 4.78 is 0. The van der Waals surface area contributed by atoms with Gasteiger partial charge in [-0.1, -0.05) is 72.8 Å². The van der Waals surface area contributed by atoms with E-state index >= 15 is 0 Å². The van der Waals surface area contributed by atoms with Crippen molar-refractivity contribution >= 4 is 138 Å². The lowest BCUT2D eigenvalue weighted by Gasteiger charge is -2.20. The summed E-state index contributed by atoms with van der Waals surface area (Å²) in [7, 11) is 0. The highest BCUT2D eigenvalue weighted by Gasteiger charge is 2.34. The molecule has 13 atom stereocenters. The van der Waals surface area contributed by atoms with Crippen molar-refractivity contribution in [2.75, 3.05) is 26.2 Å². The lowest BCUT2D eigenvalue weighted by atomic mass is 10.0. The number of fused-ring (bicyclic) bond motifs is 4. The average molecular weight is 1690 g/mol. The number of para-hydroxylation sites is 4. The van der Waals surface area contributed by atoms with Crippen LogP contribution in [0.3, 0.4) is 0 Å². The van der Waals surface area contributed by atoms with Crippen molar-refractivity contribution in [2.45, 2.75) is 190 Å². The quantitative estimate of drug-likeness (QED) is 0.00959. The standard InChI is InChI=1S/C82H106N20O20/c1-42(104)70(101-79(119)64(97-73(113)54(83)41-103)33-48-38-90-57-23-11-7-19-52(48)57)82(122)100-63(32-47-37-89-56-22-10-6-18-51(47)56)77(117)96-61(27-28-69(110)111)74(114)92-40-68(109)93-66(35-67(84)108)78(118)95-60(26-14-16-30-87-45(4)107)75(115)98-65(34-49-39-91-58-24-12-8-20-53(49)58)80(120)102-71(43(2)105)81(121)99-62(31-46-36-88-55-21-9-5-17-50(46)55)76(116)94-59(72(85)112)25-13-15-29-86-44(3)106/h5-12,17-24,36-39,42-43,54,59-66,70-71,88-91,103-105H,13-16,25-35,40-41,83H2,1-4H3,(H2,84,108)(H2,85,112)(H,86,106)(H,87,107)(H,92,114)(H,93,109)(H,94,116)(H,95,118)(H,96,117)(H,97,113)(H,98,115)(H,99,121)(H,100,122)(H,101,119)(H,102,120)(H,110,111)/p+1/t42-,43-,54+,59+,60+,61+,62+,63+,64+,65+,66+,70+,71+/m1/s1. The molecular formula is C82H107N20O20+. The van der Waals surface area contributed by atoms with Gasteiger partial charge in [-0.2, -0.15) is 0 Å². The van der Waals surface area contributed by atoms with Gasteiger partial charge in [0.15, 0.2) is 35.8 Å². The number of hydrogen-bond donors (Lipinski definition) is 26. The van der Waals surface area contributed by atoms with E-state index in [0.29, 0.717) is 67.8 Å². The van der Waals surface area contributed by atoms with Crippen molar-refractivity contribution in [3.63, 3.8) is 0 Å². The van der Waals surface area contributed by atoms with Gasteiger partial charge in [0.2, 0.25) is 70.8 Å². The van der Waals surface area contributed by atoms with Crippen molar-refractivity contribution in [1.29, 1.82) is 10.8 Å². The Morgan fingerprint density at radius 3 is 1.06 bits per heavy atom. The number of aliphatic imine (C=N–C) groups is 13. The number of unbranched alkanes of at least 4 members (excludes halogenated alkanes) is 2. The fourth-order valence-electron chi connectivity index (χ4n) is 13.1. The number of carboxylic acid groups (broad SMARTS) is 1. The summed E-state index contributed by atoms with van der Waals surface area (Å²) in [5.41, 5.74) is 8.48. The van der Waals surface area contributed by atoms with Gasteiger partial charge in [0.05, 0.1) is 18.6 Å². The van der Waals surface area contributed by atoms with Gasteiger partial charge < -0.3 is 123 Å². The maximum atomic E-state index is 12.3. The van der Waals surface area contributed by atoms with E-state index in [1.807, 2.05) is 0 Å². The van der Waals surface area contributed by atoms with Crippen molar-refractivity contribution in [3.8, 4) is 0 Å². The van der Waals surface area contributed by atoms with Crippen LogP contribution in [0.1, 0.15) is 108 Å². The predicted octanol–water partition coefficient (Wildman–Crippen LogP) is 9.07. The Hall–Kier alpha value is -13.6. The normalized spacial score (nSPS) is 17.3. The van der Waals surface area contributed by atoms with Gasteiger partial charge in [0.25, 0.3) is 0 Å². The first-order chi connectivity index (χ1) is 58.2. The third-order valence-corrected chi connectivity index (χ3v) is 19.5. The molecule has 0 aliphatic heterocycles. The first-order valence-corrected chi connectivity index (χ1v) is 39.2. The van der Waals surface area contributed by atoms with E-state index in [0.717, 1.165) is 10.9 Å². The molecule has 4 aromatic carbocycles. The summed E-state index contributed by atoms with van der Waals surface area (Å²) in [5, 5.41) is 231. The van der Waals surface area contributed by atoms with Crippen LogP contribution in [-0.2, 0) is 30.5 Å². The number of aliphatic carboxylic acids is 1. The second-order valence-electron chi connectivity index (χ2n) is 29.1. The van der Waals surface area contributed by atoms with Gasteiger partial charge in [0, 0.05) is 127 Å². The Bertz CT molecular complexity index is 5290. The molecule has 122 heavy (non-hydrogen) atoms. The van der Waals surface area contributed by atoms with Gasteiger partial charge in [-0.25, -0.2) is 54.9 Å². The number of carboxylic acids is 1. The fraction of sp³-hybridized carbons (Fsp3) is 0.415. The predicted molar refractivity (Wildman–Crippen MR) is 470 cm³/mol. The van der Waals surface area contributed by atoms with Crippen molar-refractivity contribution < 1.29 is 108 Å². The molecule has 0 amide bonds. The van der Waals surface area contributed by atoms with Crippen LogP contribution >= 0.6 is 0 Å². The number of H-pyrrole nitrogens is 4. The van der Waals surface area contributed by atoms with E-state index in [9.17, 15) is 102 Å². The summed E-state index contributed by atoms with van der Waals surface area (Å²) in [6, 6.07) is 10.5. The second kappa shape index (κ2) is 45.5. The first-order valence-electron chi connectivity index (χ1n) is 39.2. The minimum absolute atomic E-state index is 0.0442. The van der Waals surface area contributed by atoms with Gasteiger partial charge >= 0.3 is 5.97 Å². The molecule has 8 aromatic rings. The molecule has 40 heteroatoms. The largest absolute Gasteiger partial charge is 0.497 e. The summed E-state index contributed by atoms with van der Waals surface area (Å²) >= 11 is 0. The van der Waals surface area contributed by atoms with Gasteiger partial charge in [-0.3, -0.25) is 25.6 Å². The summed E-state index contributed by atoms with van der Waals surface area (Å²) in [6.45, 7) is 3.80. The van der Waals surface area contributed by atoms with E-state index in [1.54, 1.807) is 122 Å². The van der Waals surface area contributed by atoms with Crippen LogP contribution in [0.2, 0.25) is 0 Å². The molecule has 0 saturated heterocycles. The van der Waals surface area contributed by atoms with E-state index in [1.165, 1.54) is 27.7 Å². The molecule has 654 valence electrons. The topological polar surface area (TPSA) is 701 Å². The molecule has 0 fully saturated rings.